The molecule has 6 heteroatoms. The van der Waals surface area contributed by atoms with Crippen LogP contribution in [0.25, 0.3) is 0 Å². The minimum atomic E-state index is -0.147. The quantitative estimate of drug-likeness (QED) is 0.782. The van der Waals surface area contributed by atoms with Crippen LogP contribution in [0.4, 0.5) is 0 Å². The summed E-state index contributed by atoms with van der Waals surface area (Å²) in [5, 5.41) is 8.86. The molecule has 0 bridgehead atoms. The summed E-state index contributed by atoms with van der Waals surface area (Å²) in [6, 6.07) is 0. The maximum absolute atomic E-state index is 11.8. The van der Waals surface area contributed by atoms with E-state index in [1.165, 1.54) is 6.20 Å². The Morgan fingerprint density at radius 3 is 2.93 bits per heavy atom. The van der Waals surface area contributed by atoms with E-state index >= 15 is 0 Å². The van der Waals surface area contributed by atoms with Crippen molar-refractivity contribution in [3.8, 4) is 0 Å². The summed E-state index contributed by atoms with van der Waals surface area (Å²) in [6.45, 7) is 3.06. The molecule has 0 aliphatic rings. The van der Waals surface area contributed by atoms with Gasteiger partial charge in [0.25, 0.3) is 5.91 Å². The van der Waals surface area contributed by atoms with Crippen LogP contribution in [0.1, 0.15) is 30.3 Å². The number of amides is 1. The lowest BCUT2D eigenvalue weighted by molar-refractivity contribution is 0.0714. The Bertz CT molecular complexity index is 290. The summed E-state index contributed by atoms with van der Waals surface area (Å²) in [5.74, 6) is -0.147. The highest BCUT2D eigenvalue weighted by Crippen LogP contribution is 2.04. The molecule has 0 aromatic carbocycles. The fraction of sp³-hybridized carbons (Fsp3) is 0.667. The third-order valence-electron chi connectivity index (χ3n) is 2.02. The molecular weight excluding hydrogens is 214 g/mol. The Hall–Kier alpha value is -1.01. The fourth-order valence-electron chi connectivity index (χ4n) is 1.21. The van der Waals surface area contributed by atoms with Gasteiger partial charge in [0.1, 0.15) is 0 Å². The standard InChI is InChI=1S/C9H15N3O2S/c1-2-3-4-12(5-6-13)9(14)8-7-10-15-11-8/h7,13H,2-6H2,1H3. The largest absolute Gasteiger partial charge is 0.395 e. The highest BCUT2D eigenvalue weighted by atomic mass is 32.1. The van der Waals surface area contributed by atoms with Crippen molar-refractivity contribution < 1.29 is 9.90 Å². The SMILES string of the molecule is CCCCN(CCO)C(=O)c1cnsn1. The molecule has 0 radical (unpaired) electrons. The molecule has 1 amide bonds. The van der Waals surface area contributed by atoms with Crippen molar-refractivity contribution in [3.05, 3.63) is 11.9 Å². The molecular formula is C9H15N3O2S. The molecule has 1 aromatic rings. The Balaban J connectivity index is 2.58. The molecule has 0 fully saturated rings. The second-order valence-corrected chi connectivity index (χ2v) is 3.72. The molecule has 0 unspecified atom stereocenters. The van der Waals surface area contributed by atoms with E-state index in [4.69, 9.17) is 5.11 Å². The minimum absolute atomic E-state index is 0.0208. The lowest BCUT2D eigenvalue weighted by Gasteiger charge is -2.19. The predicted molar refractivity (Wildman–Crippen MR) is 57.8 cm³/mol. The minimum Gasteiger partial charge on any atom is -0.395 e. The first kappa shape index (κ1) is 12.1. The van der Waals surface area contributed by atoms with Crippen LogP contribution in [0.3, 0.4) is 0 Å². The van der Waals surface area contributed by atoms with Gasteiger partial charge >= 0.3 is 0 Å². The molecule has 1 heterocycles. The highest BCUT2D eigenvalue weighted by Gasteiger charge is 2.16. The van der Waals surface area contributed by atoms with Gasteiger partial charge in [0.15, 0.2) is 5.69 Å². The number of hydrogen-bond acceptors (Lipinski definition) is 5. The molecule has 0 spiro atoms. The second-order valence-electron chi connectivity index (χ2n) is 3.16. The molecule has 0 saturated heterocycles. The molecule has 1 aromatic heterocycles. The number of rotatable bonds is 6. The highest BCUT2D eigenvalue weighted by molar-refractivity contribution is 6.99. The molecule has 15 heavy (non-hydrogen) atoms. The fourth-order valence-corrected chi connectivity index (χ4v) is 1.61. The topological polar surface area (TPSA) is 66.3 Å². The first-order valence-electron chi connectivity index (χ1n) is 4.97. The van der Waals surface area contributed by atoms with E-state index in [-0.39, 0.29) is 12.5 Å². The van der Waals surface area contributed by atoms with Gasteiger partial charge in [-0.15, -0.1) is 0 Å². The van der Waals surface area contributed by atoms with E-state index in [9.17, 15) is 4.79 Å². The molecule has 0 saturated carbocycles. The molecule has 0 aliphatic carbocycles. The van der Waals surface area contributed by atoms with E-state index in [1.54, 1.807) is 4.90 Å². The lowest BCUT2D eigenvalue weighted by atomic mass is 10.3. The predicted octanol–water partition coefficient (Wildman–Crippen LogP) is 0.773. The van der Waals surface area contributed by atoms with Crippen molar-refractivity contribution in [3.63, 3.8) is 0 Å². The van der Waals surface area contributed by atoms with Gasteiger partial charge in [0.05, 0.1) is 24.5 Å². The smallest absolute Gasteiger partial charge is 0.275 e. The normalized spacial score (nSPS) is 10.3. The van der Waals surface area contributed by atoms with Gasteiger partial charge in [-0.25, -0.2) is 0 Å². The van der Waals surface area contributed by atoms with Gasteiger partial charge in [-0.2, -0.15) is 8.75 Å². The summed E-state index contributed by atoms with van der Waals surface area (Å²) < 4.78 is 7.67. The van der Waals surface area contributed by atoms with Crippen LogP contribution in [0.5, 0.6) is 0 Å². The zero-order valence-electron chi connectivity index (χ0n) is 8.72. The van der Waals surface area contributed by atoms with Gasteiger partial charge in [-0.3, -0.25) is 4.79 Å². The number of aliphatic hydroxyl groups is 1. The van der Waals surface area contributed by atoms with Gasteiger partial charge in [-0.1, -0.05) is 13.3 Å². The van der Waals surface area contributed by atoms with Crippen LogP contribution in [0.2, 0.25) is 0 Å². The summed E-state index contributed by atoms with van der Waals surface area (Å²) in [4.78, 5) is 13.4. The maximum Gasteiger partial charge on any atom is 0.275 e. The van der Waals surface area contributed by atoms with E-state index in [0.717, 1.165) is 24.6 Å². The lowest BCUT2D eigenvalue weighted by Crippen LogP contribution is -2.34. The van der Waals surface area contributed by atoms with Crippen molar-refractivity contribution in [2.24, 2.45) is 0 Å². The summed E-state index contributed by atoms with van der Waals surface area (Å²) >= 11 is 1.02. The number of unbranched alkanes of at least 4 members (excludes halogenated alkanes) is 1. The van der Waals surface area contributed by atoms with Crippen LogP contribution >= 0.6 is 11.7 Å². The van der Waals surface area contributed by atoms with Crippen LogP contribution in [-0.4, -0.2) is 44.4 Å². The Morgan fingerprint density at radius 1 is 1.60 bits per heavy atom. The van der Waals surface area contributed by atoms with Gasteiger partial charge in [0.2, 0.25) is 0 Å². The van der Waals surface area contributed by atoms with Crippen LogP contribution in [0.15, 0.2) is 6.20 Å². The first-order valence-corrected chi connectivity index (χ1v) is 5.70. The number of hydrogen-bond donors (Lipinski definition) is 1. The van der Waals surface area contributed by atoms with Gasteiger partial charge < -0.3 is 10.0 Å². The first-order chi connectivity index (χ1) is 7.29. The monoisotopic (exact) mass is 229 g/mol. The zero-order valence-corrected chi connectivity index (χ0v) is 9.53. The number of carbonyl (C=O) groups is 1. The van der Waals surface area contributed by atoms with Crippen molar-refractivity contribution >= 4 is 17.6 Å². The van der Waals surface area contributed by atoms with Crippen molar-refractivity contribution in [2.75, 3.05) is 19.7 Å². The second kappa shape index (κ2) is 6.47. The van der Waals surface area contributed by atoms with E-state index < -0.39 is 0 Å². The number of aliphatic hydroxyl groups excluding tert-OH is 1. The molecule has 0 atom stereocenters. The molecule has 0 aliphatic heterocycles. The Kier molecular flexibility index (Phi) is 5.20. The van der Waals surface area contributed by atoms with E-state index in [2.05, 4.69) is 15.7 Å². The van der Waals surface area contributed by atoms with Crippen LogP contribution < -0.4 is 0 Å². The van der Waals surface area contributed by atoms with Gasteiger partial charge in [-0.05, 0) is 6.42 Å². The van der Waals surface area contributed by atoms with Crippen molar-refractivity contribution in [1.82, 2.24) is 13.6 Å². The maximum atomic E-state index is 11.8. The average Bonchev–Trinajstić information content (AvgIpc) is 2.76. The van der Waals surface area contributed by atoms with Crippen LogP contribution in [-0.2, 0) is 0 Å². The Labute approximate surface area is 93.1 Å². The van der Waals surface area contributed by atoms with Crippen molar-refractivity contribution in [1.29, 1.82) is 0 Å². The summed E-state index contributed by atoms with van der Waals surface area (Å²) in [5.41, 5.74) is 0.365. The average molecular weight is 229 g/mol. The molecule has 84 valence electrons. The van der Waals surface area contributed by atoms with E-state index in [1.807, 2.05) is 0 Å². The van der Waals surface area contributed by atoms with Crippen molar-refractivity contribution in [2.45, 2.75) is 19.8 Å². The molecule has 1 rings (SSSR count). The summed E-state index contributed by atoms with van der Waals surface area (Å²) in [7, 11) is 0. The van der Waals surface area contributed by atoms with Crippen LogP contribution in [0, 0.1) is 0 Å². The number of carbonyl (C=O) groups excluding carboxylic acids is 1. The zero-order chi connectivity index (χ0) is 11.1. The molecule has 5 nitrogen and oxygen atoms in total. The number of aromatic nitrogens is 2. The third-order valence-corrected chi connectivity index (χ3v) is 2.50. The Morgan fingerprint density at radius 2 is 2.40 bits per heavy atom. The summed E-state index contributed by atoms with van der Waals surface area (Å²) in [6.07, 6.45) is 3.41. The third kappa shape index (κ3) is 3.56. The van der Waals surface area contributed by atoms with Gasteiger partial charge in [0, 0.05) is 13.1 Å². The number of nitrogens with zero attached hydrogens (tertiary/aromatic N) is 3. The van der Waals surface area contributed by atoms with E-state index in [0.29, 0.717) is 18.8 Å². The molecule has 1 N–H and O–H groups in total.